The lowest BCUT2D eigenvalue weighted by molar-refractivity contribution is -0.137. The van der Waals surface area contributed by atoms with Crippen LogP contribution < -0.4 is 0 Å². The molecule has 1 rings (SSSR count). The van der Waals surface area contributed by atoms with E-state index in [1.165, 1.54) is 13.0 Å². The molecule has 0 aliphatic heterocycles. The molecule has 0 saturated carbocycles. The number of esters is 1. The van der Waals surface area contributed by atoms with E-state index in [1.54, 1.807) is 0 Å². The third kappa shape index (κ3) is 3.10. The van der Waals surface area contributed by atoms with Crippen LogP contribution in [0, 0.1) is 28.8 Å². The quantitative estimate of drug-likeness (QED) is 0.474. The maximum absolute atomic E-state index is 13.3. The molecule has 6 heteroatoms. The largest absolute Gasteiger partial charge is 0.462 e. The van der Waals surface area contributed by atoms with E-state index in [-0.39, 0.29) is 6.61 Å². The van der Waals surface area contributed by atoms with Crippen molar-refractivity contribution < 1.29 is 22.7 Å². The van der Waals surface area contributed by atoms with Crippen LogP contribution in [0.4, 0.5) is 13.2 Å². The molecule has 0 aromatic heterocycles. The number of benzene rings is 1. The average molecular weight is 255 g/mol. The predicted octanol–water partition coefficient (Wildman–Crippen LogP) is 2.57. The van der Waals surface area contributed by atoms with Crippen molar-refractivity contribution in [1.29, 1.82) is 5.26 Å². The topological polar surface area (TPSA) is 50.1 Å². The molecular weight excluding hydrogens is 247 g/mol. The van der Waals surface area contributed by atoms with Crippen molar-refractivity contribution in [1.82, 2.24) is 0 Å². The first-order valence-corrected chi connectivity index (χ1v) is 4.93. The van der Waals surface area contributed by atoms with Gasteiger partial charge in [-0.3, -0.25) is 0 Å². The Kier molecular flexibility index (Phi) is 4.49. The van der Waals surface area contributed by atoms with Gasteiger partial charge in [-0.25, -0.2) is 18.0 Å². The van der Waals surface area contributed by atoms with Crippen LogP contribution in [0.3, 0.4) is 0 Å². The molecule has 0 atom stereocenters. The highest BCUT2D eigenvalue weighted by atomic mass is 19.1. The summed E-state index contributed by atoms with van der Waals surface area (Å²) in [5.41, 5.74) is -1.23. The smallest absolute Gasteiger partial charge is 0.348 e. The molecule has 0 spiro atoms. The maximum atomic E-state index is 13.3. The van der Waals surface area contributed by atoms with Crippen LogP contribution in [0.5, 0.6) is 0 Å². The van der Waals surface area contributed by atoms with E-state index in [1.807, 2.05) is 0 Å². The molecule has 0 aliphatic carbocycles. The van der Waals surface area contributed by atoms with Crippen molar-refractivity contribution in [2.45, 2.75) is 6.92 Å². The summed E-state index contributed by atoms with van der Waals surface area (Å²) in [5.74, 6) is -4.49. The number of carbonyl (C=O) groups is 1. The van der Waals surface area contributed by atoms with Crippen LogP contribution >= 0.6 is 0 Å². The molecule has 0 saturated heterocycles. The molecule has 0 fully saturated rings. The molecule has 1 aromatic rings. The first-order chi connectivity index (χ1) is 8.49. The molecule has 18 heavy (non-hydrogen) atoms. The standard InChI is InChI=1S/C12H8F3NO2/c1-2-18-12(17)7(6-16)3-9-10(14)4-8(13)5-11(9)15/h3-5H,2H2,1H3/b7-3+. The first kappa shape index (κ1) is 13.8. The normalized spacial score (nSPS) is 10.9. The minimum atomic E-state index is -1.20. The molecular formula is C12H8F3NO2. The summed E-state index contributed by atoms with van der Waals surface area (Å²) in [7, 11) is 0. The van der Waals surface area contributed by atoms with E-state index in [9.17, 15) is 18.0 Å². The lowest BCUT2D eigenvalue weighted by atomic mass is 10.1. The first-order valence-electron chi connectivity index (χ1n) is 4.93. The van der Waals surface area contributed by atoms with Gasteiger partial charge in [0.2, 0.25) is 0 Å². The third-order valence-electron chi connectivity index (χ3n) is 1.95. The molecule has 0 N–H and O–H groups in total. The second kappa shape index (κ2) is 5.87. The predicted molar refractivity (Wildman–Crippen MR) is 56.5 cm³/mol. The van der Waals surface area contributed by atoms with E-state index < -0.39 is 34.6 Å². The summed E-state index contributed by atoms with van der Waals surface area (Å²) in [6.45, 7) is 1.54. The fourth-order valence-electron chi connectivity index (χ4n) is 1.18. The van der Waals surface area contributed by atoms with Gasteiger partial charge in [0.25, 0.3) is 0 Å². The highest BCUT2D eigenvalue weighted by molar-refractivity contribution is 5.97. The SMILES string of the molecule is CCOC(=O)/C(C#N)=C/c1c(F)cc(F)cc1F. The summed E-state index contributed by atoms with van der Waals surface area (Å²) in [6.07, 6.45) is 0.683. The second-order valence-electron chi connectivity index (χ2n) is 3.17. The van der Waals surface area contributed by atoms with Crippen LogP contribution in [0.2, 0.25) is 0 Å². The Morgan fingerprint density at radius 3 is 2.39 bits per heavy atom. The van der Waals surface area contributed by atoms with Gasteiger partial charge in [-0.15, -0.1) is 0 Å². The minimum Gasteiger partial charge on any atom is -0.462 e. The van der Waals surface area contributed by atoms with Gasteiger partial charge >= 0.3 is 5.97 Å². The van der Waals surface area contributed by atoms with E-state index in [0.717, 1.165) is 0 Å². The lowest BCUT2D eigenvalue weighted by Gasteiger charge is -2.02. The van der Waals surface area contributed by atoms with Crippen molar-refractivity contribution in [3.05, 3.63) is 40.7 Å². The Balaban J connectivity index is 3.23. The van der Waals surface area contributed by atoms with Gasteiger partial charge < -0.3 is 4.74 Å². The summed E-state index contributed by atoms with van der Waals surface area (Å²) in [4.78, 5) is 11.2. The second-order valence-corrected chi connectivity index (χ2v) is 3.17. The average Bonchev–Trinajstić information content (AvgIpc) is 2.28. The van der Waals surface area contributed by atoms with Gasteiger partial charge in [0.05, 0.1) is 6.61 Å². The van der Waals surface area contributed by atoms with E-state index in [4.69, 9.17) is 5.26 Å². The summed E-state index contributed by atoms with van der Waals surface area (Å²) < 4.78 is 43.7. The molecule has 0 radical (unpaired) electrons. The highest BCUT2D eigenvalue weighted by Gasteiger charge is 2.15. The number of halogens is 3. The van der Waals surface area contributed by atoms with Gasteiger partial charge in [0.1, 0.15) is 29.1 Å². The van der Waals surface area contributed by atoms with Gasteiger partial charge in [-0.1, -0.05) is 0 Å². The number of rotatable bonds is 3. The summed E-state index contributed by atoms with van der Waals surface area (Å²) >= 11 is 0. The summed E-state index contributed by atoms with van der Waals surface area (Å²) in [5, 5.41) is 8.68. The lowest BCUT2D eigenvalue weighted by Crippen LogP contribution is -2.06. The fourth-order valence-corrected chi connectivity index (χ4v) is 1.18. The van der Waals surface area contributed by atoms with Crippen molar-refractivity contribution in [3.63, 3.8) is 0 Å². The van der Waals surface area contributed by atoms with Crippen molar-refractivity contribution in [3.8, 4) is 6.07 Å². The minimum absolute atomic E-state index is 0.0201. The number of nitrogens with zero attached hydrogens (tertiary/aromatic N) is 1. The van der Waals surface area contributed by atoms with E-state index in [2.05, 4.69) is 4.74 Å². The van der Waals surface area contributed by atoms with E-state index >= 15 is 0 Å². The monoisotopic (exact) mass is 255 g/mol. The van der Waals surface area contributed by atoms with Gasteiger partial charge in [-0.2, -0.15) is 5.26 Å². The number of hydrogen-bond donors (Lipinski definition) is 0. The van der Waals surface area contributed by atoms with Crippen LogP contribution in [-0.4, -0.2) is 12.6 Å². The number of nitriles is 1. The van der Waals surface area contributed by atoms with Crippen molar-refractivity contribution in [2.75, 3.05) is 6.61 Å². The van der Waals surface area contributed by atoms with Gasteiger partial charge in [0, 0.05) is 17.7 Å². The Labute approximate surface area is 101 Å². The Hall–Kier alpha value is -2.29. The Morgan fingerprint density at radius 2 is 1.94 bits per heavy atom. The van der Waals surface area contributed by atoms with Gasteiger partial charge in [-0.05, 0) is 13.0 Å². The molecule has 3 nitrogen and oxygen atoms in total. The molecule has 0 aliphatic rings. The fraction of sp³-hybridized carbons (Fsp3) is 0.167. The van der Waals surface area contributed by atoms with Crippen LogP contribution in [0.25, 0.3) is 6.08 Å². The van der Waals surface area contributed by atoms with E-state index in [0.29, 0.717) is 18.2 Å². The zero-order valence-corrected chi connectivity index (χ0v) is 9.34. The van der Waals surface area contributed by atoms with Crippen LogP contribution in [0.1, 0.15) is 12.5 Å². The number of carbonyl (C=O) groups excluding carboxylic acids is 1. The Morgan fingerprint density at radius 1 is 1.39 bits per heavy atom. The zero-order valence-electron chi connectivity index (χ0n) is 9.34. The molecule has 1 aromatic carbocycles. The molecule has 0 bridgehead atoms. The van der Waals surface area contributed by atoms with Crippen molar-refractivity contribution >= 4 is 12.0 Å². The molecule has 0 unspecified atom stereocenters. The molecule has 0 heterocycles. The maximum Gasteiger partial charge on any atom is 0.348 e. The molecule has 0 amide bonds. The van der Waals surface area contributed by atoms with Crippen molar-refractivity contribution in [2.24, 2.45) is 0 Å². The number of ether oxygens (including phenoxy) is 1. The zero-order chi connectivity index (χ0) is 13.7. The number of hydrogen-bond acceptors (Lipinski definition) is 3. The van der Waals surface area contributed by atoms with Crippen LogP contribution in [-0.2, 0) is 9.53 Å². The highest BCUT2D eigenvalue weighted by Crippen LogP contribution is 2.18. The van der Waals surface area contributed by atoms with Crippen LogP contribution in [0.15, 0.2) is 17.7 Å². The third-order valence-corrected chi connectivity index (χ3v) is 1.95. The Bertz CT molecular complexity index is 524. The van der Waals surface area contributed by atoms with Gasteiger partial charge in [0.15, 0.2) is 0 Å². The molecule has 94 valence electrons. The summed E-state index contributed by atoms with van der Waals surface area (Å²) in [6, 6.07) is 2.37.